The molecule has 0 spiro atoms. The van der Waals surface area contributed by atoms with Crippen LogP contribution in [-0.4, -0.2) is 34.4 Å². The molecule has 9 rings (SSSR count). The molecule has 4 aliphatic carbocycles. The summed E-state index contributed by atoms with van der Waals surface area (Å²) in [5.74, 6) is 3.24. The number of pyridine rings is 4. The third kappa shape index (κ3) is 19.3. The summed E-state index contributed by atoms with van der Waals surface area (Å²) >= 11 is 0. The summed E-state index contributed by atoms with van der Waals surface area (Å²) in [4.78, 5) is 18.1. The van der Waals surface area contributed by atoms with Gasteiger partial charge in [-0.25, -0.2) is 0 Å². The standard InChI is InChI=1S/C32H30N4.2C7H8.2BF4.2Rh/c1-23-11-15-33-29(19-23)31-21-25(13-17-35-31)7-9-27-5-3-4-6-28(27)10-8-26-14-18-36-32(22-26)30-20-24(2)12-16-34-30;2*1-2-7-4-3-6(1)5-7;2*2-1(3,4)5;;/h3-6,11-22H,7-10H2,1-2H3;2*1-4,6-7H,5H2;;;;/q;;;2*-1;;. The van der Waals surface area contributed by atoms with E-state index in [2.05, 4.69) is 143 Å². The van der Waals surface area contributed by atoms with Crippen molar-refractivity contribution in [1.82, 2.24) is 19.9 Å². The molecule has 4 aromatic heterocycles. The van der Waals surface area contributed by atoms with Gasteiger partial charge in [0.05, 0.1) is 22.8 Å². The molecule has 16 heteroatoms. The maximum absolute atomic E-state index is 9.75. The first-order chi connectivity index (χ1) is 28.5. The van der Waals surface area contributed by atoms with Crippen molar-refractivity contribution in [3.63, 3.8) is 0 Å². The molecule has 62 heavy (non-hydrogen) atoms. The fourth-order valence-corrected chi connectivity index (χ4v) is 7.15. The van der Waals surface area contributed by atoms with E-state index in [0.717, 1.165) is 72.1 Å². The van der Waals surface area contributed by atoms with Gasteiger partial charge in [0.2, 0.25) is 0 Å². The Morgan fingerprint density at radius 1 is 0.419 bits per heavy atom. The molecule has 1 aromatic carbocycles. The van der Waals surface area contributed by atoms with Gasteiger partial charge in [-0.05, 0) is 158 Å². The molecule has 0 atom stereocenters. The second kappa shape index (κ2) is 25.0. The van der Waals surface area contributed by atoms with E-state index < -0.39 is 14.5 Å². The zero-order chi connectivity index (χ0) is 43.1. The molecule has 5 aromatic rings. The van der Waals surface area contributed by atoms with E-state index in [9.17, 15) is 34.5 Å². The van der Waals surface area contributed by atoms with Gasteiger partial charge < -0.3 is 34.5 Å². The van der Waals surface area contributed by atoms with Crippen LogP contribution in [0.4, 0.5) is 34.5 Å². The summed E-state index contributed by atoms with van der Waals surface area (Å²) in [5.41, 5.74) is 11.5. The molecule has 0 fully saturated rings. The summed E-state index contributed by atoms with van der Waals surface area (Å²) in [6, 6.07) is 25.5. The van der Waals surface area contributed by atoms with Gasteiger partial charge in [0, 0.05) is 63.7 Å². The first kappa shape index (κ1) is 51.9. The summed E-state index contributed by atoms with van der Waals surface area (Å²) < 4.78 is 78.0. The third-order valence-corrected chi connectivity index (χ3v) is 10.00. The van der Waals surface area contributed by atoms with Crippen molar-refractivity contribution in [1.29, 1.82) is 0 Å². The average molecular weight is 1030 g/mol. The van der Waals surface area contributed by atoms with Gasteiger partial charge >= 0.3 is 14.5 Å². The minimum Gasteiger partial charge on any atom is -0.418 e. The quantitative estimate of drug-likeness (QED) is 0.0883. The summed E-state index contributed by atoms with van der Waals surface area (Å²) in [6.07, 6.45) is 32.5. The number of aryl methyl sites for hydroxylation is 6. The molecule has 4 nitrogen and oxygen atoms in total. The maximum Gasteiger partial charge on any atom is 0.673 e. The second-order valence-electron chi connectivity index (χ2n) is 15.0. The summed E-state index contributed by atoms with van der Waals surface area (Å²) in [5, 5.41) is 0. The van der Waals surface area contributed by atoms with Crippen LogP contribution in [0.3, 0.4) is 0 Å². The van der Waals surface area contributed by atoms with Crippen LogP contribution in [0, 0.1) is 37.5 Å². The van der Waals surface area contributed by atoms with Crippen molar-refractivity contribution in [2.45, 2.75) is 52.4 Å². The molecule has 0 saturated heterocycles. The first-order valence-electron chi connectivity index (χ1n) is 19.8. The van der Waals surface area contributed by atoms with Crippen molar-refractivity contribution < 1.29 is 73.5 Å². The van der Waals surface area contributed by atoms with Crippen molar-refractivity contribution >= 4 is 14.5 Å². The number of fused-ring (bicyclic) bond motifs is 4. The van der Waals surface area contributed by atoms with Crippen LogP contribution in [0.15, 0.2) is 146 Å². The molecule has 0 unspecified atom stereocenters. The predicted octanol–water partition coefficient (Wildman–Crippen LogP) is 12.9. The number of benzene rings is 1. The Labute approximate surface area is 384 Å². The maximum atomic E-state index is 9.75. The van der Waals surface area contributed by atoms with Crippen LogP contribution in [0.1, 0.15) is 46.2 Å². The zero-order valence-corrected chi connectivity index (χ0v) is 37.3. The van der Waals surface area contributed by atoms with Crippen molar-refractivity contribution in [3.8, 4) is 22.8 Å². The molecule has 332 valence electrons. The smallest absolute Gasteiger partial charge is 0.418 e. The SMILES string of the molecule is C1=CC2C=CC1C2.C1=CC2C=CC1C2.Cc1ccnc(-c2cc(CCc3ccccc3CCc3ccnc(-c4cc(C)ccn4)c3)ccn2)c1.F[B-](F)(F)F.F[B-](F)(F)F.[Rh].[Rh]. The van der Waals surface area contributed by atoms with Crippen LogP contribution in [-0.2, 0) is 64.6 Å². The molecule has 0 saturated carbocycles. The molecule has 4 heterocycles. The number of hydrogen-bond acceptors (Lipinski definition) is 4. The average Bonchev–Trinajstić information content (AvgIpc) is 4.05. The van der Waals surface area contributed by atoms with Gasteiger partial charge in [0.25, 0.3) is 0 Å². The van der Waals surface area contributed by atoms with Gasteiger partial charge in [0.15, 0.2) is 0 Å². The van der Waals surface area contributed by atoms with Crippen LogP contribution < -0.4 is 0 Å². The van der Waals surface area contributed by atoms with Gasteiger partial charge in [-0.15, -0.1) is 0 Å². The number of allylic oxidation sites excluding steroid dienone is 8. The zero-order valence-electron chi connectivity index (χ0n) is 34.0. The van der Waals surface area contributed by atoms with Crippen LogP contribution in [0.25, 0.3) is 22.8 Å². The molecule has 4 aliphatic rings. The van der Waals surface area contributed by atoms with E-state index in [-0.39, 0.29) is 39.0 Å². The third-order valence-electron chi connectivity index (χ3n) is 10.00. The minimum atomic E-state index is -6.00. The fraction of sp³-hybridized carbons (Fsp3) is 0.261. The second-order valence-corrected chi connectivity index (χ2v) is 15.0. The molecule has 4 bridgehead atoms. The minimum absolute atomic E-state index is 0. The number of aromatic nitrogens is 4. The molecule has 0 N–H and O–H groups in total. The topological polar surface area (TPSA) is 51.6 Å². The Hall–Kier alpha value is -4.40. The van der Waals surface area contributed by atoms with Crippen LogP contribution in [0.5, 0.6) is 0 Å². The Morgan fingerprint density at radius 2 is 0.694 bits per heavy atom. The van der Waals surface area contributed by atoms with Crippen LogP contribution in [0.2, 0.25) is 0 Å². The van der Waals surface area contributed by atoms with Crippen molar-refractivity contribution in [2.75, 3.05) is 0 Å². The van der Waals surface area contributed by atoms with Crippen LogP contribution >= 0.6 is 0 Å². The van der Waals surface area contributed by atoms with Gasteiger partial charge in [-0.1, -0.05) is 72.9 Å². The Bertz CT molecular complexity index is 2060. The Balaban J connectivity index is 0.000000315. The summed E-state index contributed by atoms with van der Waals surface area (Å²) in [7, 11) is -12.0. The van der Waals surface area contributed by atoms with E-state index in [0.29, 0.717) is 0 Å². The van der Waals surface area contributed by atoms with E-state index in [1.807, 2.05) is 36.9 Å². The molecular weight excluding hydrogens is 988 g/mol. The number of rotatable bonds is 8. The molecular formula is C46H46B2F8N4Rh2-2. The molecule has 0 amide bonds. The molecule has 2 radical (unpaired) electrons. The van der Waals surface area contributed by atoms with E-state index in [1.54, 1.807) is 0 Å². The largest absolute Gasteiger partial charge is 0.673 e. The predicted molar refractivity (Wildman–Crippen MR) is 226 cm³/mol. The van der Waals surface area contributed by atoms with E-state index >= 15 is 0 Å². The normalized spacial score (nSPS) is 18.1. The van der Waals surface area contributed by atoms with Gasteiger partial charge in [-0.3, -0.25) is 19.9 Å². The number of halogens is 8. The fourth-order valence-electron chi connectivity index (χ4n) is 7.15. The monoisotopic (exact) mass is 1030 g/mol. The Morgan fingerprint density at radius 3 is 0.952 bits per heavy atom. The number of hydrogen-bond donors (Lipinski definition) is 0. The summed E-state index contributed by atoms with van der Waals surface area (Å²) in [6.45, 7) is 4.16. The van der Waals surface area contributed by atoms with Crippen molar-refractivity contribution in [2.24, 2.45) is 23.7 Å². The van der Waals surface area contributed by atoms with E-state index in [4.69, 9.17) is 0 Å². The molecule has 0 aliphatic heterocycles. The van der Waals surface area contributed by atoms with Gasteiger partial charge in [-0.2, -0.15) is 0 Å². The van der Waals surface area contributed by atoms with Crippen molar-refractivity contribution in [3.05, 3.63) is 180 Å². The first-order valence-corrected chi connectivity index (χ1v) is 19.8. The van der Waals surface area contributed by atoms with E-state index in [1.165, 1.54) is 46.2 Å². The van der Waals surface area contributed by atoms with Gasteiger partial charge in [0.1, 0.15) is 0 Å². The Kier molecular flexibility index (Phi) is 21.0. The number of nitrogens with zero attached hydrogens (tertiary/aromatic N) is 4.